The fourth-order valence-electron chi connectivity index (χ4n) is 1.67. The Hall–Kier alpha value is -1.30. The van der Waals surface area contributed by atoms with Crippen LogP contribution >= 0.6 is 0 Å². The van der Waals surface area contributed by atoms with Gasteiger partial charge < -0.3 is 9.80 Å². The maximum absolute atomic E-state index is 12.4. The molecule has 0 bridgehead atoms. The monoisotopic (exact) mass is 275 g/mol. The highest BCUT2D eigenvalue weighted by atomic mass is 19.4. The molecule has 0 amide bonds. The van der Waals surface area contributed by atoms with E-state index in [1.54, 1.807) is 0 Å². The van der Waals surface area contributed by atoms with Gasteiger partial charge in [0, 0.05) is 19.8 Å². The van der Waals surface area contributed by atoms with Crippen LogP contribution in [0, 0.1) is 0 Å². The molecule has 0 spiro atoms. The van der Waals surface area contributed by atoms with Crippen LogP contribution in [0.5, 0.6) is 0 Å². The summed E-state index contributed by atoms with van der Waals surface area (Å²) in [6.07, 6.45) is -1.41. The second kappa shape index (κ2) is 6.75. The number of hydrogen-bond donors (Lipinski definition) is 0. The Morgan fingerprint density at radius 1 is 1.05 bits per heavy atom. The van der Waals surface area contributed by atoms with E-state index in [2.05, 4.69) is 9.88 Å². The van der Waals surface area contributed by atoms with E-state index >= 15 is 0 Å². The van der Waals surface area contributed by atoms with Crippen molar-refractivity contribution in [1.82, 2.24) is 9.88 Å². The van der Waals surface area contributed by atoms with Crippen LogP contribution in [-0.4, -0.2) is 44.1 Å². The molecule has 0 saturated heterocycles. The topological polar surface area (TPSA) is 19.4 Å². The molecule has 0 radical (unpaired) electrons. The zero-order valence-electron chi connectivity index (χ0n) is 11.5. The molecule has 0 atom stereocenters. The van der Waals surface area contributed by atoms with Gasteiger partial charge >= 0.3 is 6.18 Å². The molecule has 0 aliphatic rings. The molecule has 0 saturated carbocycles. The number of halogens is 3. The highest BCUT2D eigenvalue weighted by Crippen LogP contribution is 2.29. The highest BCUT2D eigenvalue weighted by Gasteiger charge is 2.30. The maximum atomic E-state index is 12.4. The molecule has 19 heavy (non-hydrogen) atoms. The number of aromatic nitrogens is 1. The van der Waals surface area contributed by atoms with Crippen molar-refractivity contribution in [2.24, 2.45) is 0 Å². The van der Waals surface area contributed by atoms with Gasteiger partial charge in [-0.3, -0.25) is 0 Å². The molecule has 1 aromatic heterocycles. The summed E-state index contributed by atoms with van der Waals surface area (Å²) in [6, 6.07) is 2.48. The Morgan fingerprint density at radius 2 is 1.68 bits per heavy atom. The average Bonchev–Trinajstić information content (AvgIpc) is 2.33. The van der Waals surface area contributed by atoms with Crippen LogP contribution in [0.4, 0.5) is 19.0 Å². The van der Waals surface area contributed by atoms with Crippen molar-refractivity contribution in [2.45, 2.75) is 19.0 Å². The summed E-state index contributed by atoms with van der Waals surface area (Å²) < 4.78 is 37.2. The van der Waals surface area contributed by atoms with Crippen LogP contribution in [-0.2, 0) is 6.18 Å². The first-order chi connectivity index (χ1) is 8.80. The van der Waals surface area contributed by atoms with Crippen LogP contribution in [0.2, 0.25) is 0 Å². The van der Waals surface area contributed by atoms with Gasteiger partial charge in [-0.2, -0.15) is 13.2 Å². The minimum Gasteiger partial charge on any atom is -0.360 e. The third kappa shape index (κ3) is 5.46. The molecule has 0 N–H and O–H groups in total. The molecule has 1 heterocycles. The normalized spacial score (nSPS) is 11.9. The molecule has 6 heteroatoms. The Kier molecular flexibility index (Phi) is 5.60. The SMILES string of the molecule is CN(C)CCCCN(C)c1ccc(C(F)(F)F)cn1. The molecule has 0 fully saturated rings. The minimum atomic E-state index is -4.32. The van der Waals surface area contributed by atoms with Crippen molar-refractivity contribution in [3.8, 4) is 0 Å². The number of pyridine rings is 1. The largest absolute Gasteiger partial charge is 0.417 e. The number of unbranched alkanes of at least 4 members (excludes halogenated alkanes) is 1. The van der Waals surface area contributed by atoms with Gasteiger partial charge in [0.1, 0.15) is 5.82 Å². The summed E-state index contributed by atoms with van der Waals surface area (Å²) >= 11 is 0. The Morgan fingerprint density at radius 3 is 2.16 bits per heavy atom. The molecule has 0 aromatic carbocycles. The summed E-state index contributed by atoms with van der Waals surface area (Å²) in [6.45, 7) is 1.79. The van der Waals surface area contributed by atoms with Crippen LogP contribution < -0.4 is 4.90 Å². The molecular formula is C13H20F3N3. The predicted octanol–water partition coefficient (Wildman–Crippen LogP) is 2.88. The van der Waals surface area contributed by atoms with E-state index in [4.69, 9.17) is 0 Å². The predicted molar refractivity (Wildman–Crippen MR) is 70.3 cm³/mol. The fourth-order valence-corrected chi connectivity index (χ4v) is 1.67. The van der Waals surface area contributed by atoms with Gasteiger partial charge in [-0.05, 0) is 45.6 Å². The number of rotatable bonds is 6. The van der Waals surface area contributed by atoms with Crippen molar-refractivity contribution in [3.63, 3.8) is 0 Å². The summed E-state index contributed by atoms with van der Waals surface area (Å²) in [5.74, 6) is 0.567. The molecule has 0 unspecified atom stereocenters. The molecular weight excluding hydrogens is 255 g/mol. The van der Waals surface area contributed by atoms with Gasteiger partial charge in [0.25, 0.3) is 0 Å². The summed E-state index contributed by atoms with van der Waals surface area (Å²) in [4.78, 5) is 7.83. The van der Waals surface area contributed by atoms with Crippen molar-refractivity contribution in [3.05, 3.63) is 23.9 Å². The zero-order chi connectivity index (χ0) is 14.5. The van der Waals surface area contributed by atoms with E-state index in [1.807, 2.05) is 26.0 Å². The fraction of sp³-hybridized carbons (Fsp3) is 0.615. The number of hydrogen-bond acceptors (Lipinski definition) is 3. The van der Waals surface area contributed by atoms with Gasteiger partial charge in [0.2, 0.25) is 0 Å². The molecule has 1 aromatic rings. The molecule has 1 rings (SSSR count). The van der Waals surface area contributed by atoms with Gasteiger partial charge in [-0.25, -0.2) is 4.98 Å². The second-order valence-electron chi connectivity index (χ2n) is 4.83. The minimum absolute atomic E-state index is 0.567. The van der Waals surface area contributed by atoms with Crippen molar-refractivity contribution >= 4 is 5.82 Å². The Labute approximate surface area is 112 Å². The third-order valence-corrected chi connectivity index (χ3v) is 2.82. The van der Waals surface area contributed by atoms with E-state index in [0.29, 0.717) is 5.82 Å². The van der Waals surface area contributed by atoms with E-state index in [9.17, 15) is 13.2 Å². The van der Waals surface area contributed by atoms with E-state index in [-0.39, 0.29) is 0 Å². The van der Waals surface area contributed by atoms with E-state index < -0.39 is 11.7 Å². The Balaban J connectivity index is 2.47. The lowest BCUT2D eigenvalue weighted by atomic mass is 10.2. The third-order valence-electron chi connectivity index (χ3n) is 2.82. The van der Waals surface area contributed by atoms with Crippen LogP contribution in [0.25, 0.3) is 0 Å². The van der Waals surface area contributed by atoms with E-state index in [0.717, 1.165) is 38.2 Å². The van der Waals surface area contributed by atoms with Crippen LogP contribution in [0.3, 0.4) is 0 Å². The van der Waals surface area contributed by atoms with Gasteiger partial charge in [-0.15, -0.1) is 0 Å². The van der Waals surface area contributed by atoms with Gasteiger partial charge in [0.15, 0.2) is 0 Å². The zero-order valence-corrected chi connectivity index (χ0v) is 11.5. The second-order valence-corrected chi connectivity index (χ2v) is 4.83. The summed E-state index contributed by atoms with van der Waals surface area (Å²) in [7, 11) is 5.87. The molecule has 0 aliphatic carbocycles. The van der Waals surface area contributed by atoms with Crippen molar-refractivity contribution < 1.29 is 13.2 Å². The Bertz CT molecular complexity index is 374. The summed E-state index contributed by atoms with van der Waals surface area (Å²) in [5.41, 5.74) is -0.711. The van der Waals surface area contributed by atoms with E-state index in [1.165, 1.54) is 6.07 Å². The standard InChI is InChI=1S/C13H20F3N3/c1-18(2)8-4-5-9-19(3)12-7-6-11(10-17-12)13(14,15)16/h6-7,10H,4-5,8-9H2,1-3H3. The molecule has 108 valence electrons. The first kappa shape index (κ1) is 15.8. The van der Waals surface area contributed by atoms with Crippen molar-refractivity contribution in [1.29, 1.82) is 0 Å². The van der Waals surface area contributed by atoms with Crippen LogP contribution in [0.1, 0.15) is 18.4 Å². The quantitative estimate of drug-likeness (QED) is 0.744. The van der Waals surface area contributed by atoms with Gasteiger partial charge in [-0.1, -0.05) is 0 Å². The van der Waals surface area contributed by atoms with Gasteiger partial charge in [0.05, 0.1) is 5.56 Å². The number of anilines is 1. The van der Waals surface area contributed by atoms with Crippen molar-refractivity contribution in [2.75, 3.05) is 39.1 Å². The first-order valence-electron chi connectivity index (χ1n) is 6.20. The lowest BCUT2D eigenvalue weighted by Gasteiger charge is -2.19. The number of alkyl halides is 3. The lowest BCUT2D eigenvalue weighted by Crippen LogP contribution is -2.21. The molecule has 0 aliphatic heterocycles. The summed E-state index contributed by atoms with van der Waals surface area (Å²) in [5, 5.41) is 0. The lowest BCUT2D eigenvalue weighted by molar-refractivity contribution is -0.137. The number of nitrogens with zero attached hydrogens (tertiary/aromatic N) is 3. The highest BCUT2D eigenvalue weighted by molar-refractivity contribution is 5.38. The maximum Gasteiger partial charge on any atom is 0.417 e. The smallest absolute Gasteiger partial charge is 0.360 e. The first-order valence-corrected chi connectivity index (χ1v) is 6.20. The van der Waals surface area contributed by atoms with Crippen LogP contribution in [0.15, 0.2) is 18.3 Å². The average molecular weight is 275 g/mol. The molecule has 3 nitrogen and oxygen atoms in total.